The van der Waals surface area contributed by atoms with E-state index in [2.05, 4.69) is 37.5 Å². The molecule has 2 rings (SSSR count). The molecule has 1 fully saturated rings. The first-order valence-corrected chi connectivity index (χ1v) is 8.26. The number of likely N-dealkylation sites (tertiary alicyclic amines) is 1. The molecule has 23 heavy (non-hydrogen) atoms. The summed E-state index contributed by atoms with van der Waals surface area (Å²) in [5.41, 5.74) is 2.13. The second kappa shape index (κ2) is 7.49. The van der Waals surface area contributed by atoms with Crippen LogP contribution in [0.2, 0.25) is 0 Å². The summed E-state index contributed by atoms with van der Waals surface area (Å²) in [7, 11) is 0. The highest BCUT2D eigenvalue weighted by Gasteiger charge is 2.19. The summed E-state index contributed by atoms with van der Waals surface area (Å²) in [6, 6.07) is 7.99. The van der Waals surface area contributed by atoms with Gasteiger partial charge in [0.15, 0.2) is 0 Å². The fourth-order valence-corrected chi connectivity index (χ4v) is 2.78. The third kappa shape index (κ3) is 4.98. The van der Waals surface area contributed by atoms with Gasteiger partial charge in [-0.2, -0.15) is 0 Å². The molecule has 5 nitrogen and oxygen atoms in total. The number of amides is 2. The van der Waals surface area contributed by atoms with Gasteiger partial charge < -0.3 is 15.5 Å². The zero-order valence-electron chi connectivity index (χ0n) is 14.3. The van der Waals surface area contributed by atoms with Crippen LogP contribution in [0.4, 0.5) is 5.69 Å². The summed E-state index contributed by atoms with van der Waals surface area (Å²) in [5, 5.41) is 5.87. The first-order chi connectivity index (χ1) is 10.9. The molecule has 0 radical (unpaired) electrons. The maximum absolute atomic E-state index is 12.0. The predicted octanol–water partition coefficient (Wildman–Crippen LogP) is 2.13. The SMILES string of the molecule is CC(C)(C)c1ccccc1NCC(=O)NCC(=O)N1CCCC1. The second-order valence-corrected chi connectivity index (χ2v) is 7.01. The molecule has 5 heteroatoms. The van der Waals surface area contributed by atoms with E-state index >= 15 is 0 Å². The summed E-state index contributed by atoms with van der Waals surface area (Å²) in [4.78, 5) is 25.7. The van der Waals surface area contributed by atoms with E-state index in [-0.39, 0.29) is 30.3 Å². The minimum absolute atomic E-state index is 0.00550. The zero-order valence-corrected chi connectivity index (χ0v) is 14.3. The van der Waals surface area contributed by atoms with Crippen molar-refractivity contribution in [2.75, 3.05) is 31.5 Å². The van der Waals surface area contributed by atoms with Gasteiger partial charge in [-0.25, -0.2) is 0 Å². The number of benzene rings is 1. The van der Waals surface area contributed by atoms with Gasteiger partial charge in [0.1, 0.15) is 0 Å². The average Bonchev–Trinajstić information content (AvgIpc) is 3.04. The summed E-state index contributed by atoms with van der Waals surface area (Å²) in [5.74, 6) is -0.160. The molecule has 0 aliphatic carbocycles. The number of anilines is 1. The minimum Gasteiger partial charge on any atom is -0.376 e. The van der Waals surface area contributed by atoms with Crippen molar-refractivity contribution in [1.29, 1.82) is 0 Å². The number of para-hydroxylation sites is 1. The van der Waals surface area contributed by atoms with Gasteiger partial charge in [0, 0.05) is 18.8 Å². The highest BCUT2D eigenvalue weighted by Crippen LogP contribution is 2.28. The van der Waals surface area contributed by atoms with Gasteiger partial charge in [-0.1, -0.05) is 39.0 Å². The van der Waals surface area contributed by atoms with Crippen LogP contribution in [-0.4, -0.2) is 42.9 Å². The predicted molar refractivity (Wildman–Crippen MR) is 92.5 cm³/mol. The molecule has 1 aromatic rings. The average molecular weight is 317 g/mol. The van der Waals surface area contributed by atoms with Crippen LogP contribution >= 0.6 is 0 Å². The number of nitrogens with one attached hydrogen (secondary N) is 2. The first-order valence-electron chi connectivity index (χ1n) is 8.26. The van der Waals surface area contributed by atoms with Crippen molar-refractivity contribution in [2.45, 2.75) is 39.0 Å². The molecule has 1 aromatic carbocycles. The third-order valence-corrected chi connectivity index (χ3v) is 4.07. The quantitative estimate of drug-likeness (QED) is 0.874. The lowest BCUT2D eigenvalue weighted by atomic mass is 9.86. The smallest absolute Gasteiger partial charge is 0.241 e. The molecule has 0 aromatic heterocycles. The van der Waals surface area contributed by atoms with Crippen LogP contribution in [0.5, 0.6) is 0 Å². The molecular formula is C18H27N3O2. The summed E-state index contributed by atoms with van der Waals surface area (Å²) < 4.78 is 0. The number of carbonyl (C=O) groups excluding carboxylic acids is 2. The van der Waals surface area contributed by atoms with E-state index < -0.39 is 0 Å². The Kier molecular flexibility index (Phi) is 5.64. The van der Waals surface area contributed by atoms with Crippen molar-refractivity contribution in [3.63, 3.8) is 0 Å². The van der Waals surface area contributed by atoms with Gasteiger partial charge in [0.2, 0.25) is 11.8 Å². The van der Waals surface area contributed by atoms with E-state index in [1.165, 1.54) is 5.56 Å². The molecule has 0 spiro atoms. The van der Waals surface area contributed by atoms with Crippen molar-refractivity contribution in [3.05, 3.63) is 29.8 Å². The summed E-state index contributed by atoms with van der Waals surface area (Å²) in [6.45, 7) is 8.30. The number of hydrogen-bond acceptors (Lipinski definition) is 3. The number of nitrogens with zero attached hydrogens (tertiary/aromatic N) is 1. The highest BCUT2D eigenvalue weighted by atomic mass is 16.2. The molecule has 0 bridgehead atoms. The lowest BCUT2D eigenvalue weighted by Crippen LogP contribution is -2.40. The number of carbonyl (C=O) groups is 2. The Morgan fingerprint density at radius 3 is 2.39 bits per heavy atom. The minimum atomic E-state index is -0.166. The summed E-state index contributed by atoms with van der Waals surface area (Å²) in [6.07, 6.45) is 2.12. The van der Waals surface area contributed by atoms with Crippen LogP contribution < -0.4 is 10.6 Å². The highest BCUT2D eigenvalue weighted by molar-refractivity contribution is 5.87. The van der Waals surface area contributed by atoms with E-state index in [0.29, 0.717) is 0 Å². The van der Waals surface area contributed by atoms with E-state index in [9.17, 15) is 9.59 Å². The van der Waals surface area contributed by atoms with Crippen molar-refractivity contribution >= 4 is 17.5 Å². The van der Waals surface area contributed by atoms with E-state index in [0.717, 1.165) is 31.6 Å². The molecule has 2 N–H and O–H groups in total. The molecule has 1 heterocycles. The van der Waals surface area contributed by atoms with Gasteiger partial charge in [-0.15, -0.1) is 0 Å². The standard InChI is InChI=1S/C18H27N3O2/c1-18(2,3)14-8-4-5-9-15(14)19-12-16(22)20-13-17(23)21-10-6-7-11-21/h4-5,8-9,19H,6-7,10-13H2,1-3H3,(H,20,22). The van der Waals surface area contributed by atoms with Gasteiger partial charge in [-0.05, 0) is 29.9 Å². The Balaban J connectivity index is 1.82. The Bertz CT molecular complexity index is 558. The van der Waals surface area contributed by atoms with Crippen LogP contribution in [0, 0.1) is 0 Å². The Morgan fingerprint density at radius 2 is 1.74 bits per heavy atom. The maximum Gasteiger partial charge on any atom is 0.241 e. The van der Waals surface area contributed by atoms with E-state index in [4.69, 9.17) is 0 Å². The molecule has 126 valence electrons. The van der Waals surface area contributed by atoms with Crippen LogP contribution in [0.15, 0.2) is 24.3 Å². The van der Waals surface area contributed by atoms with Crippen molar-refractivity contribution in [3.8, 4) is 0 Å². The van der Waals surface area contributed by atoms with E-state index in [1.807, 2.05) is 23.1 Å². The molecule has 1 aliphatic heterocycles. The normalized spacial score (nSPS) is 14.7. The molecule has 2 amide bonds. The lowest BCUT2D eigenvalue weighted by Gasteiger charge is -2.23. The third-order valence-electron chi connectivity index (χ3n) is 4.07. The molecule has 0 atom stereocenters. The van der Waals surface area contributed by atoms with Gasteiger partial charge in [0.25, 0.3) is 0 Å². The second-order valence-electron chi connectivity index (χ2n) is 7.01. The van der Waals surface area contributed by atoms with Crippen molar-refractivity contribution in [2.24, 2.45) is 0 Å². The van der Waals surface area contributed by atoms with Crippen LogP contribution in [0.25, 0.3) is 0 Å². The first kappa shape index (κ1) is 17.3. The van der Waals surface area contributed by atoms with Crippen molar-refractivity contribution in [1.82, 2.24) is 10.2 Å². The largest absolute Gasteiger partial charge is 0.376 e. The Morgan fingerprint density at radius 1 is 1.09 bits per heavy atom. The molecule has 1 saturated heterocycles. The number of rotatable bonds is 5. The molecule has 0 saturated carbocycles. The van der Waals surface area contributed by atoms with Crippen LogP contribution in [-0.2, 0) is 15.0 Å². The van der Waals surface area contributed by atoms with Gasteiger partial charge in [0.05, 0.1) is 13.1 Å². The van der Waals surface area contributed by atoms with E-state index in [1.54, 1.807) is 0 Å². The van der Waals surface area contributed by atoms with Gasteiger partial charge >= 0.3 is 0 Å². The fraction of sp³-hybridized carbons (Fsp3) is 0.556. The van der Waals surface area contributed by atoms with Crippen LogP contribution in [0.1, 0.15) is 39.2 Å². The number of hydrogen-bond donors (Lipinski definition) is 2. The Hall–Kier alpha value is -2.04. The zero-order chi connectivity index (χ0) is 16.9. The lowest BCUT2D eigenvalue weighted by molar-refractivity contribution is -0.131. The molecule has 1 aliphatic rings. The Labute approximate surface area is 138 Å². The van der Waals surface area contributed by atoms with Crippen LogP contribution in [0.3, 0.4) is 0 Å². The molecular weight excluding hydrogens is 290 g/mol. The monoisotopic (exact) mass is 317 g/mol. The van der Waals surface area contributed by atoms with Crippen molar-refractivity contribution < 1.29 is 9.59 Å². The van der Waals surface area contributed by atoms with Gasteiger partial charge in [-0.3, -0.25) is 9.59 Å². The topological polar surface area (TPSA) is 61.4 Å². The summed E-state index contributed by atoms with van der Waals surface area (Å²) >= 11 is 0. The maximum atomic E-state index is 12.0. The molecule has 0 unspecified atom stereocenters. The fourth-order valence-electron chi connectivity index (χ4n) is 2.78.